The quantitative estimate of drug-likeness (QED) is 0.246. The van der Waals surface area contributed by atoms with Crippen LogP contribution < -0.4 is 11.2 Å². The number of hydrogen-bond donors (Lipinski definition) is 1. The van der Waals surface area contributed by atoms with Crippen LogP contribution in [0.3, 0.4) is 0 Å². The predicted octanol–water partition coefficient (Wildman–Crippen LogP) is -0.386. The second-order valence-electron chi connectivity index (χ2n) is 2.87. The van der Waals surface area contributed by atoms with E-state index in [1.165, 1.54) is 23.4 Å². The van der Waals surface area contributed by atoms with Crippen LogP contribution in [0.5, 0.6) is 0 Å². The van der Waals surface area contributed by atoms with Gasteiger partial charge in [-0.3, -0.25) is 13.9 Å². The van der Waals surface area contributed by atoms with Crippen molar-refractivity contribution in [2.45, 2.75) is 5.03 Å². The van der Waals surface area contributed by atoms with Gasteiger partial charge in [0.1, 0.15) is 0 Å². The number of oxime groups is 1. The zero-order valence-electron chi connectivity index (χ0n) is 8.59. The van der Waals surface area contributed by atoms with Crippen LogP contribution in [0, 0.1) is 0 Å². The monoisotopic (exact) mass is 229 g/mol. The van der Waals surface area contributed by atoms with Crippen LogP contribution in [-0.4, -0.2) is 26.8 Å². The molecule has 0 aromatic carbocycles. The predicted molar refractivity (Wildman–Crippen MR) is 58.1 cm³/mol. The van der Waals surface area contributed by atoms with Gasteiger partial charge in [0.15, 0.2) is 0 Å². The molecule has 1 aromatic rings. The Hall–Kier alpha value is -1.50. The van der Waals surface area contributed by atoms with Crippen LogP contribution in [0.4, 0.5) is 0 Å². The van der Waals surface area contributed by atoms with Crippen LogP contribution in [0.25, 0.3) is 0 Å². The van der Waals surface area contributed by atoms with Crippen LogP contribution in [0.1, 0.15) is 5.56 Å². The van der Waals surface area contributed by atoms with Gasteiger partial charge in [0, 0.05) is 14.1 Å². The highest BCUT2D eigenvalue weighted by molar-refractivity contribution is 7.98. The molecule has 0 fully saturated rings. The molecule has 0 bridgehead atoms. The maximum Gasteiger partial charge on any atom is 0.331 e. The van der Waals surface area contributed by atoms with Crippen molar-refractivity contribution in [3.63, 3.8) is 0 Å². The summed E-state index contributed by atoms with van der Waals surface area (Å²) in [6.07, 6.45) is 2.77. The van der Waals surface area contributed by atoms with E-state index in [1.54, 1.807) is 13.3 Å². The average molecular weight is 229 g/mol. The second kappa shape index (κ2) is 4.35. The van der Waals surface area contributed by atoms with E-state index in [2.05, 4.69) is 5.16 Å². The number of hydrogen-bond acceptors (Lipinski definition) is 5. The summed E-state index contributed by atoms with van der Waals surface area (Å²) in [5.41, 5.74) is -0.672. The number of nitrogens with zero attached hydrogens (tertiary/aromatic N) is 3. The summed E-state index contributed by atoms with van der Waals surface area (Å²) in [5, 5.41) is 11.7. The molecule has 0 radical (unpaired) electrons. The molecular weight excluding hydrogens is 218 g/mol. The van der Waals surface area contributed by atoms with Gasteiger partial charge in [0.2, 0.25) is 0 Å². The molecule has 0 unspecified atom stereocenters. The highest BCUT2D eigenvalue weighted by Crippen LogP contribution is 2.12. The Kier molecular flexibility index (Phi) is 3.35. The fourth-order valence-corrected chi connectivity index (χ4v) is 1.98. The molecule has 0 saturated heterocycles. The van der Waals surface area contributed by atoms with E-state index in [-0.39, 0.29) is 5.56 Å². The van der Waals surface area contributed by atoms with Crippen molar-refractivity contribution < 1.29 is 5.21 Å². The average Bonchev–Trinajstić information content (AvgIpc) is 2.24. The van der Waals surface area contributed by atoms with Crippen molar-refractivity contribution in [1.82, 2.24) is 9.13 Å². The van der Waals surface area contributed by atoms with E-state index in [9.17, 15) is 9.59 Å². The summed E-state index contributed by atoms with van der Waals surface area (Å²) in [7, 11) is 2.94. The van der Waals surface area contributed by atoms with Crippen LogP contribution >= 0.6 is 11.8 Å². The van der Waals surface area contributed by atoms with Gasteiger partial charge in [-0.05, 0) is 6.26 Å². The first kappa shape index (κ1) is 11.6. The maximum absolute atomic E-state index is 11.6. The van der Waals surface area contributed by atoms with Gasteiger partial charge in [-0.25, -0.2) is 4.79 Å². The molecule has 6 nitrogen and oxygen atoms in total. The zero-order chi connectivity index (χ0) is 11.6. The van der Waals surface area contributed by atoms with Crippen molar-refractivity contribution in [1.29, 1.82) is 0 Å². The van der Waals surface area contributed by atoms with Crippen molar-refractivity contribution in [2.24, 2.45) is 19.3 Å². The lowest BCUT2D eigenvalue weighted by atomic mass is 10.3. The van der Waals surface area contributed by atoms with Crippen molar-refractivity contribution in [3.05, 3.63) is 26.4 Å². The van der Waals surface area contributed by atoms with Crippen molar-refractivity contribution in [2.75, 3.05) is 6.26 Å². The van der Waals surface area contributed by atoms with E-state index >= 15 is 0 Å². The molecule has 0 spiro atoms. The van der Waals surface area contributed by atoms with Gasteiger partial charge in [-0.1, -0.05) is 5.16 Å². The smallest absolute Gasteiger partial charge is 0.331 e. The maximum atomic E-state index is 11.6. The summed E-state index contributed by atoms with van der Waals surface area (Å²) >= 11 is 1.25. The van der Waals surface area contributed by atoms with Gasteiger partial charge >= 0.3 is 5.69 Å². The number of aromatic nitrogens is 2. The SMILES string of the molecule is CSc1c(/C=N/O)c(=O)n(C)c(=O)n1C. The topological polar surface area (TPSA) is 76.6 Å². The Labute approximate surface area is 89.8 Å². The third-order valence-electron chi connectivity index (χ3n) is 2.02. The van der Waals surface area contributed by atoms with Gasteiger partial charge in [-0.15, -0.1) is 11.8 Å². The summed E-state index contributed by atoms with van der Waals surface area (Å²) in [6.45, 7) is 0. The first-order chi connectivity index (χ1) is 7.04. The molecule has 0 aliphatic rings. The minimum atomic E-state index is -0.472. The molecule has 15 heavy (non-hydrogen) atoms. The van der Waals surface area contributed by atoms with E-state index in [0.717, 1.165) is 10.8 Å². The lowest BCUT2D eigenvalue weighted by Crippen LogP contribution is -2.39. The molecule has 1 aromatic heterocycles. The lowest BCUT2D eigenvalue weighted by Gasteiger charge is -2.09. The molecule has 0 amide bonds. The molecule has 7 heteroatoms. The third kappa shape index (κ3) is 1.82. The molecule has 0 aliphatic carbocycles. The molecule has 1 heterocycles. The summed E-state index contributed by atoms with van der Waals surface area (Å²) in [5.74, 6) is 0. The second-order valence-corrected chi connectivity index (χ2v) is 3.67. The van der Waals surface area contributed by atoms with Crippen LogP contribution in [-0.2, 0) is 14.1 Å². The lowest BCUT2D eigenvalue weighted by molar-refractivity contribution is 0.321. The summed E-state index contributed by atoms with van der Waals surface area (Å²) < 4.78 is 2.31. The molecule has 0 aliphatic heterocycles. The molecule has 0 saturated carbocycles. The highest BCUT2D eigenvalue weighted by atomic mass is 32.2. The van der Waals surface area contributed by atoms with E-state index < -0.39 is 11.2 Å². The molecule has 82 valence electrons. The van der Waals surface area contributed by atoms with Crippen LogP contribution in [0.2, 0.25) is 0 Å². The summed E-state index contributed by atoms with van der Waals surface area (Å²) in [4.78, 5) is 23.2. The minimum Gasteiger partial charge on any atom is -0.411 e. The molecule has 1 N–H and O–H groups in total. The number of thioether (sulfide) groups is 1. The Morgan fingerprint density at radius 2 is 1.93 bits per heavy atom. The fraction of sp³-hybridized carbons (Fsp3) is 0.375. The van der Waals surface area contributed by atoms with Crippen molar-refractivity contribution >= 4 is 18.0 Å². The first-order valence-corrected chi connectivity index (χ1v) is 5.28. The molecule has 1 rings (SSSR count). The van der Waals surface area contributed by atoms with Crippen molar-refractivity contribution in [3.8, 4) is 0 Å². The van der Waals surface area contributed by atoms with E-state index in [4.69, 9.17) is 5.21 Å². The van der Waals surface area contributed by atoms with E-state index in [0.29, 0.717) is 5.03 Å². The van der Waals surface area contributed by atoms with Gasteiger partial charge in [0.25, 0.3) is 5.56 Å². The van der Waals surface area contributed by atoms with Crippen LogP contribution in [0.15, 0.2) is 19.8 Å². The fourth-order valence-electron chi connectivity index (χ4n) is 1.27. The van der Waals surface area contributed by atoms with E-state index in [1.807, 2.05) is 0 Å². The molecular formula is C8H11N3O3S. The van der Waals surface area contributed by atoms with Gasteiger partial charge in [0.05, 0.1) is 16.8 Å². The molecule has 0 atom stereocenters. The highest BCUT2D eigenvalue weighted by Gasteiger charge is 2.12. The van der Waals surface area contributed by atoms with Gasteiger partial charge in [-0.2, -0.15) is 0 Å². The largest absolute Gasteiger partial charge is 0.411 e. The Bertz CT molecular complexity index is 515. The third-order valence-corrected chi connectivity index (χ3v) is 2.90. The first-order valence-electron chi connectivity index (χ1n) is 4.06. The minimum absolute atomic E-state index is 0.203. The number of rotatable bonds is 2. The zero-order valence-corrected chi connectivity index (χ0v) is 9.41. The summed E-state index contributed by atoms with van der Waals surface area (Å²) in [6, 6.07) is 0. The normalized spacial score (nSPS) is 11.1. The Balaban J connectivity index is 3.78. The standard InChI is InChI=1S/C8H11N3O3S/c1-10-6(12)5(4-9-14)7(15-3)11(2)8(10)13/h4,14H,1-3H3/b9-4+. The van der Waals surface area contributed by atoms with Gasteiger partial charge < -0.3 is 5.21 Å². The Morgan fingerprint density at radius 1 is 1.33 bits per heavy atom. The Morgan fingerprint density at radius 3 is 2.40 bits per heavy atom.